The van der Waals surface area contributed by atoms with Gasteiger partial charge in [-0.1, -0.05) is 118 Å². The average molecular weight is 535 g/mol. The van der Waals surface area contributed by atoms with Crippen molar-refractivity contribution in [3.05, 3.63) is 115 Å². The van der Waals surface area contributed by atoms with Crippen LogP contribution in [0.3, 0.4) is 0 Å². The first-order valence-corrected chi connectivity index (χ1v) is 14.6. The van der Waals surface area contributed by atoms with E-state index in [1.165, 1.54) is 53.2 Å². The molecule has 202 valence electrons. The van der Waals surface area contributed by atoms with Crippen molar-refractivity contribution < 1.29 is 0 Å². The molecular weight excluding hydrogens is 500 g/mol. The van der Waals surface area contributed by atoms with Crippen LogP contribution in [-0.4, -0.2) is 19.5 Å². The van der Waals surface area contributed by atoms with E-state index in [0.717, 1.165) is 28.6 Å². The molecule has 41 heavy (non-hydrogen) atoms. The first-order chi connectivity index (χ1) is 20.0. The van der Waals surface area contributed by atoms with Gasteiger partial charge < -0.3 is 0 Å². The van der Waals surface area contributed by atoms with Gasteiger partial charge >= 0.3 is 0 Å². The SMILES string of the molecule is C=C1CCCCCC(C)(C)c2ccc3c(c21)c1ccccc1n3-c1nc(-c2ccccc2)nc(-c2ccccc2)n1. The number of hydrogen-bond acceptors (Lipinski definition) is 3. The molecule has 0 spiro atoms. The summed E-state index contributed by atoms with van der Waals surface area (Å²) < 4.78 is 2.22. The third-order valence-corrected chi connectivity index (χ3v) is 8.59. The van der Waals surface area contributed by atoms with Gasteiger partial charge in [-0.15, -0.1) is 0 Å². The van der Waals surface area contributed by atoms with E-state index in [0.29, 0.717) is 17.6 Å². The van der Waals surface area contributed by atoms with Crippen molar-refractivity contribution in [1.29, 1.82) is 0 Å². The fourth-order valence-electron chi connectivity index (χ4n) is 6.45. The lowest BCUT2D eigenvalue weighted by Gasteiger charge is -2.28. The molecule has 0 fully saturated rings. The van der Waals surface area contributed by atoms with E-state index >= 15 is 0 Å². The molecular formula is C37H34N4. The van der Waals surface area contributed by atoms with Crippen LogP contribution in [0.15, 0.2) is 104 Å². The Labute approximate surface area is 241 Å². The molecule has 2 aromatic heterocycles. The molecule has 4 heteroatoms. The lowest BCUT2D eigenvalue weighted by atomic mass is 9.76. The third kappa shape index (κ3) is 4.44. The molecule has 0 N–H and O–H groups in total. The predicted octanol–water partition coefficient (Wildman–Crippen LogP) is 9.56. The molecule has 0 atom stereocenters. The Morgan fingerprint density at radius 1 is 0.659 bits per heavy atom. The summed E-state index contributed by atoms with van der Waals surface area (Å²) in [5.41, 5.74) is 8.12. The fraction of sp³-hybridized carbons (Fsp3) is 0.216. The summed E-state index contributed by atoms with van der Waals surface area (Å²) in [5, 5.41) is 2.46. The molecule has 0 saturated heterocycles. The van der Waals surface area contributed by atoms with Crippen molar-refractivity contribution in [2.75, 3.05) is 0 Å². The van der Waals surface area contributed by atoms with E-state index in [1.807, 2.05) is 36.4 Å². The first kappa shape index (κ1) is 25.4. The largest absolute Gasteiger partial charge is 0.278 e. The van der Waals surface area contributed by atoms with Crippen LogP contribution in [0.2, 0.25) is 0 Å². The van der Waals surface area contributed by atoms with Gasteiger partial charge in [0.2, 0.25) is 5.95 Å². The second kappa shape index (κ2) is 10.1. The minimum Gasteiger partial charge on any atom is -0.278 e. The van der Waals surface area contributed by atoms with E-state index in [9.17, 15) is 0 Å². The minimum atomic E-state index is 0.0636. The smallest absolute Gasteiger partial charge is 0.238 e. The highest BCUT2D eigenvalue weighted by molar-refractivity contribution is 6.14. The fourth-order valence-corrected chi connectivity index (χ4v) is 6.45. The molecule has 4 aromatic carbocycles. The Balaban J connectivity index is 1.57. The van der Waals surface area contributed by atoms with Crippen molar-refractivity contribution in [2.24, 2.45) is 0 Å². The second-order valence-electron chi connectivity index (χ2n) is 11.8. The highest BCUT2D eigenvalue weighted by Crippen LogP contribution is 2.44. The zero-order valence-corrected chi connectivity index (χ0v) is 23.8. The quantitative estimate of drug-likeness (QED) is 0.227. The van der Waals surface area contributed by atoms with Crippen LogP contribution >= 0.6 is 0 Å². The Morgan fingerprint density at radius 3 is 1.98 bits per heavy atom. The topological polar surface area (TPSA) is 43.6 Å². The summed E-state index contributed by atoms with van der Waals surface area (Å²) in [7, 11) is 0. The lowest BCUT2D eigenvalue weighted by molar-refractivity contribution is 0.451. The van der Waals surface area contributed by atoms with Gasteiger partial charge in [0.25, 0.3) is 0 Å². The third-order valence-electron chi connectivity index (χ3n) is 8.59. The van der Waals surface area contributed by atoms with Crippen LogP contribution in [0.1, 0.15) is 57.1 Å². The van der Waals surface area contributed by atoms with E-state index in [-0.39, 0.29) is 5.41 Å². The zero-order chi connectivity index (χ0) is 28.0. The number of hydrogen-bond donors (Lipinski definition) is 0. The maximum absolute atomic E-state index is 5.10. The van der Waals surface area contributed by atoms with Gasteiger partial charge in [-0.2, -0.15) is 9.97 Å². The Hall–Kier alpha value is -4.57. The summed E-state index contributed by atoms with van der Waals surface area (Å²) in [5.74, 6) is 1.94. The number of benzene rings is 4. The Kier molecular flexibility index (Phi) is 6.27. The van der Waals surface area contributed by atoms with Gasteiger partial charge in [0.1, 0.15) is 0 Å². The number of para-hydroxylation sites is 1. The number of fused-ring (bicyclic) bond motifs is 5. The number of aromatic nitrogens is 4. The number of nitrogens with zero attached hydrogens (tertiary/aromatic N) is 4. The highest BCUT2D eigenvalue weighted by atomic mass is 15.2. The summed E-state index contributed by atoms with van der Waals surface area (Å²) in [6.07, 6.45) is 5.86. The predicted molar refractivity (Wildman–Crippen MR) is 170 cm³/mol. The molecule has 7 rings (SSSR count). The monoisotopic (exact) mass is 534 g/mol. The molecule has 1 aliphatic carbocycles. The van der Waals surface area contributed by atoms with Crippen LogP contribution in [0.5, 0.6) is 0 Å². The van der Waals surface area contributed by atoms with Crippen molar-refractivity contribution in [3.63, 3.8) is 0 Å². The van der Waals surface area contributed by atoms with Gasteiger partial charge in [0.05, 0.1) is 11.0 Å². The van der Waals surface area contributed by atoms with Gasteiger partial charge in [-0.25, -0.2) is 4.98 Å². The van der Waals surface area contributed by atoms with Crippen molar-refractivity contribution in [1.82, 2.24) is 19.5 Å². The molecule has 0 amide bonds. The molecule has 6 aromatic rings. The maximum Gasteiger partial charge on any atom is 0.238 e. The minimum absolute atomic E-state index is 0.0636. The molecule has 0 saturated carbocycles. The van der Waals surface area contributed by atoms with Crippen LogP contribution in [0, 0.1) is 0 Å². The van der Waals surface area contributed by atoms with E-state index in [4.69, 9.17) is 15.0 Å². The normalized spacial score (nSPS) is 15.3. The number of rotatable bonds is 3. The lowest BCUT2D eigenvalue weighted by Crippen LogP contribution is -2.19. The standard InChI is InChI=1S/C37H34N4/c1-25-15-7-6-14-24-37(2,3)29-22-23-31-33(32(25)29)28-20-12-13-21-30(28)41(31)36-39-34(26-16-8-4-9-17-26)38-35(40-36)27-18-10-5-11-19-27/h4-5,8-13,16-23H,1,6-7,14-15,24H2,2-3H3. The van der Waals surface area contributed by atoms with Crippen molar-refractivity contribution in [3.8, 4) is 28.7 Å². The van der Waals surface area contributed by atoms with Crippen molar-refractivity contribution in [2.45, 2.75) is 51.4 Å². The molecule has 0 aliphatic heterocycles. The molecule has 0 unspecified atom stereocenters. The molecule has 0 radical (unpaired) electrons. The summed E-state index contributed by atoms with van der Waals surface area (Å²) >= 11 is 0. The van der Waals surface area contributed by atoms with Crippen LogP contribution in [-0.2, 0) is 5.41 Å². The number of allylic oxidation sites excluding steroid dienone is 1. The average Bonchev–Trinajstić information content (AvgIpc) is 3.37. The van der Waals surface area contributed by atoms with E-state index in [2.05, 4.69) is 85.7 Å². The molecule has 0 bridgehead atoms. The highest BCUT2D eigenvalue weighted by Gasteiger charge is 2.29. The van der Waals surface area contributed by atoms with Gasteiger partial charge in [-0.3, -0.25) is 4.57 Å². The van der Waals surface area contributed by atoms with Gasteiger partial charge in [0.15, 0.2) is 11.6 Å². The van der Waals surface area contributed by atoms with Crippen LogP contribution < -0.4 is 0 Å². The van der Waals surface area contributed by atoms with Crippen molar-refractivity contribution >= 4 is 27.4 Å². The molecule has 1 aliphatic rings. The summed E-state index contributed by atoms with van der Waals surface area (Å²) in [4.78, 5) is 15.1. The van der Waals surface area contributed by atoms with E-state index < -0.39 is 0 Å². The second-order valence-corrected chi connectivity index (χ2v) is 11.8. The Bertz CT molecular complexity index is 1840. The van der Waals surface area contributed by atoms with E-state index in [1.54, 1.807) is 0 Å². The summed E-state index contributed by atoms with van der Waals surface area (Å²) in [6, 6.07) is 33.6. The zero-order valence-electron chi connectivity index (χ0n) is 23.8. The van der Waals surface area contributed by atoms with Gasteiger partial charge in [-0.05, 0) is 53.5 Å². The molecule has 4 nitrogen and oxygen atoms in total. The van der Waals surface area contributed by atoms with Crippen LogP contribution in [0.25, 0.3) is 56.1 Å². The Morgan fingerprint density at radius 2 is 1.29 bits per heavy atom. The van der Waals surface area contributed by atoms with Gasteiger partial charge in [0, 0.05) is 21.9 Å². The van der Waals surface area contributed by atoms with Crippen LogP contribution in [0.4, 0.5) is 0 Å². The molecule has 2 heterocycles. The summed E-state index contributed by atoms with van der Waals surface area (Å²) in [6.45, 7) is 9.44. The maximum atomic E-state index is 5.10. The first-order valence-electron chi connectivity index (χ1n) is 14.6.